The molecule has 0 atom stereocenters. The zero-order valence-corrected chi connectivity index (χ0v) is 19.5. The molecule has 0 spiro atoms. The van der Waals surface area contributed by atoms with E-state index in [0.717, 1.165) is 40.7 Å². The van der Waals surface area contributed by atoms with Gasteiger partial charge in [0.15, 0.2) is 5.84 Å². The Morgan fingerprint density at radius 3 is 2.39 bits per heavy atom. The number of benzene rings is 2. The number of likely N-dealkylation sites (N-methyl/N-ethyl adjacent to an activating group) is 1. The van der Waals surface area contributed by atoms with Gasteiger partial charge in [0.25, 0.3) is 0 Å². The van der Waals surface area contributed by atoms with Crippen LogP contribution in [0.2, 0.25) is 5.02 Å². The van der Waals surface area contributed by atoms with Crippen LogP contribution in [0, 0.1) is 0 Å². The maximum Gasteiger partial charge on any atom is 0.214 e. The Labute approximate surface area is 189 Å². The lowest BCUT2D eigenvalue weighted by atomic mass is 10.00. The molecule has 2 aromatic carbocycles. The molecule has 0 radical (unpaired) electrons. The molecular formula is C23H30ClN5O2. The van der Waals surface area contributed by atoms with Gasteiger partial charge in [0.2, 0.25) is 5.91 Å². The minimum Gasteiger partial charge on any atom is -0.497 e. The maximum absolute atomic E-state index is 9.22. The minimum atomic E-state index is -0.333. The highest BCUT2D eigenvalue weighted by molar-refractivity contribution is 6.30. The van der Waals surface area contributed by atoms with E-state index in [0.29, 0.717) is 11.6 Å². The fourth-order valence-electron chi connectivity index (χ4n) is 2.90. The summed E-state index contributed by atoms with van der Waals surface area (Å²) in [6.07, 6.45) is 0. The number of halogens is 1. The number of benzodiazepines with no additional fused rings is 1. The summed E-state index contributed by atoms with van der Waals surface area (Å²) in [7, 11) is 1.66. The van der Waals surface area contributed by atoms with Crippen LogP contribution < -0.4 is 15.4 Å². The van der Waals surface area contributed by atoms with Crippen molar-refractivity contribution >= 4 is 41.5 Å². The highest BCUT2D eigenvalue weighted by atomic mass is 35.5. The molecule has 0 aromatic heterocycles. The molecule has 0 bridgehead atoms. The Morgan fingerprint density at radius 1 is 1.26 bits per heavy atom. The van der Waals surface area contributed by atoms with Gasteiger partial charge in [-0.25, -0.2) is 0 Å². The SMILES string of the molecule is C=N/N=C1/CN=C(c2ccc(Cl)cc2)c2cc(OC)ccc2N1CC.CC.CC(N)=O. The third-order valence-electron chi connectivity index (χ3n) is 4.06. The molecule has 31 heavy (non-hydrogen) atoms. The summed E-state index contributed by atoms with van der Waals surface area (Å²) in [6.45, 7) is 12.0. The van der Waals surface area contributed by atoms with E-state index in [1.54, 1.807) is 7.11 Å². The number of hydrogen-bond acceptors (Lipinski definition) is 5. The number of anilines is 1. The van der Waals surface area contributed by atoms with Gasteiger partial charge in [-0.1, -0.05) is 37.6 Å². The van der Waals surface area contributed by atoms with E-state index in [9.17, 15) is 4.79 Å². The largest absolute Gasteiger partial charge is 0.497 e. The van der Waals surface area contributed by atoms with Crippen molar-refractivity contribution in [2.75, 3.05) is 25.1 Å². The Hall–Kier alpha value is -3.19. The van der Waals surface area contributed by atoms with Gasteiger partial charge in [-0.05, 0) is 37.3 Å². The first-order valence-corrected chi connectivity index (χ1v) is 10.3. The van der Waals surface area contributed by atoms with Crippen LogP contribution >= 0.6 is 11.6 Å². The number of aliphatic imine (C=N–C) groups is 1. The lowest BCUT2D eigenvalue weighted by Gasteiger charge is -2.24. The van der Waals surface area contributed by atoms with Crippen molar-refractivity contribution in [2.45, 2.75) is 27.7 Å². The van der Waals surface area contributed by atoms with Crippen LogP contribution in [-0.2, 0) is 4.79 Å². The third kappa shape index (κ3) is 7.22. The van der Waals surface area contributed by atoms with Gasteiger partial charge in [0.05, 0.1) is 25.1 Å². The van der Waals surface area contributed by atoms with Crippen LogP contribution in [0.3, 0.4) is 0 Å². The van der Waals surface area contributed by atoms with E-state index in [1.165, 1.54) is 6.92 Å². The summed E-state index contributed by atoms with van der Waals surface area (Å²) in [4.78, 5) is 16.1. The van der Waals surface area contributed by atoms with Crippen molar-refractivity contribution in [2.24, 2.45) is 20.9 Å². The fourth-order valence-corrected chi connectivity index (χ4v) is 3.03. The monoisotopic (exact) mass is 443 g/mol. The first-order valence-electron chi connectivity index (χ1n) is 9.96. The number of nitrogens with zero attached hydrogens (tertiary/aromatic N) is 4. The maximum atomic E-state index is 9.22. The highest BCUT2D eigenvalue weighted by Crippen LogP contribution is 2.31. The lowest BCUT2D eigenvalue weighted by molar-refractivity contribution is -0.115. The molecule has 1 aliphatic heterocycles. The number of primary amides is 1. The van der Waals surface area contributed by atoms with Crippen molar-refractivity contribution in [1.29, 1.82) is 0 Å². The molecule has 7 nitrogen and oxygen atoms in total. The van der Waals surface area contributed by atoms with Crippen molar-refractivity contribution in [3.05, 3.63) is 58.6 Å². The Kier molecular flexibility index (Phi) is 11.0. The summed E-state index contributed by atoms with van der Waals surface area (Å²) in [5, 5.41) is 8.57. The number of carbonyl (C=O) groups is 1. The van der Waals surface area contributed by atoms with Crippen molar-refractivity contribution < 1.29 is 9.53 Å². The van der Waals surface area contributed by atoms with E-state index in [2.05, 4.69) is 34.5 Å². The van der Waals surface area contributed by atoms with Crippen LogP contribution in [0.5, 0.6) is 5.75 Å². The number of hydrogen-bond donors (Lipinski definition) is 1. The third-order valence-corrected chi connectivity index (χ3v) is 4.31. The number of nitrogens with two attached hydrogens (primary N) is 1. The molecule has 0 saturated carbocycles. The zero-order valence-electron chi connectivity index (χ0n) is 18.7. The van der Waals surface area contributed by atoms with Crippen LogP contribution in [0.4, 0.5) is 5.69 Å². The van der Waals surface area contributed by atoms with Gasteiger partial charge >= 0.3 is 0 Å². The fraction of sp³-hybridized carbons (Fsp3) is 0.304. The van der Waals surface area contributed by atoms with Crippen molar-refractivity contribution in [3.63, 3.8) is 0 Å². The van der Waals surface area contributed by atoms with E-state index < -0.39 is 0 Å². The summed E-state index contributed by atoms with van der Waals surface area (Å²) < 4.78 is 5.41. The number of amides is 1. The lowest BCUT2D eigenvalue weighted by Crippen LogP contribution is -2.32. The van der Waals surface area contributed by atoms with Gasteiger partial charge in [0, 0.05) is 36.3 Å². The number of fused-ring (bicyclic) bond motifs is 1. The molecule has 2 aromatic rings. The minimum absolute atomic E-state index is 0.333. The predicted octanol–water partition coefficient (Wildman–Crippen LogP) is 4.56. The summed E-state index contributed by atoms with van der Waals surface area (Å²) >= 11 is 6.03. The molecule has 8 heteroatoms. The van der Waals surface area contributed by atoms with Crippen LogP contribution in [0.25, 0.3) is 0 Å². The normalized spacial score (nSPS) is 13.4. The van der Waals surface area contributed by atoms with Gasteiger partial charge in [-0.15, -0.1) is 5.10 Å². The molecule has 166 valence electrons. The van der Waals surface area contributed by atoms with Gasteiger partial charge < -0.3 is 15.4 Å². The van der Waals surface area contributed by atoms with Crippen LogP contribution in [0.1, 0.15) is 38.8 Å². The average Bonchev–Trinajstić information content (AvgIpc) is 2.91. The van der Waals surface area contributed by atoms with E-state index in [1.807, 2.05) is 56.3 Å². The standard InChI is InChI=1S/C19H19ClN4O.C2H5NO.C2H6/c1-4-24-17-10-9-15(25-3)11-16(17)19(22-12-18(24)23-21-2)13-5-7-14(20)8-6-13;1-2(3)4;1-2/h5-11H,2,4,12H2,1,3H3;1H3,(H2,3,4);1-2H3/b23-18-;;. The molecule has 1 aliphatic rings. The highest BCUT2D eigenvalue weighted by Gasteiger charge is 2.23. The molecule has 0 saturated heterocycles. The van der Waals surface area contributed by atoms with Gasteiger partial charge in [0.1, 0.15) is 5.75 Å². The molecule has 3 rings (SSSR count). The van der Waals surface area contributed by atoms with Crippen molar-refractivity contribution in [3.8, 4) is 5.75 Å². The molecule has 0 fully saturated rings. The molecule has 1 amide bonds. The van der Waals surface area contributed by atoms with Gasteiger partial charge in [-0.2, -0.15) is 5.10 Å². The molecular weight excluding hydrogens is 414 g/mol. The van der Waals surface area contributed by atoms with E-state index in [-0.39, 0.29) is 5.91 Å². The number of ether oxygens (including phenoxy) is 1. The first kappa shape index (κ1) is 25.8. The first-order chi connectivity index (χ1) is 14.9. The van der Waals surface area contributed by atoms with Gasteiger partial charge in [-0.3, -0.25) is 9.79 Å². The second kappa shape index (κ2) is 13.2. The predicted molar refractivity (Wildman–Crippen MR) is 131 cm³/mol. The Bertz CT molecular complexity index is 935. The number of carbonyl (C=O) groups excluding carboxylic acids is 1. The second-order valence-electron chi connectivity index (χ2n) is 6.07. The van der Waals surface area contributed by atoms with Crippen molar-refractivity contribution in [1.82, 2.24) is 0 Å². The Morgan fingerprint density at radius 2 is 1.87 bits per heavy atom. The number of methoxy groups -OCH3 is 1. The quantitative estimate of drug-likeness (QED) is 0.554. The number of rotatable bonds is 4. The molecule has 0 unspecified atom stereocenters. The summed E-state index contributed by atoms with van der Waals surface area (Å²) in [5.74, 6) is 1.20. The second-order valence-corrected chi connectivity index (χ2v) is 6.50. The average molecular weight is 444 g/mol. The molecule has 1 heterocycles. The van der Waals surface area contributed by atoms with E-state index >= 15 is 0 Å². The topological polar surface area (TPSA) is 92.6 Å². The Balaban J connectivity index is 0.000000720. The summed E-state index contributed by atoms with van der Waals surface area (Å²) in [6, 6.07) is 13.6. The zero-order chi connectivity index (χ0) is 23.4. The molecule has 0 aliphatic carbocycles. The smallest absolute Gasteiger partial charge is 0.214 e. The van der Waals surface area contributed by atoms with E-state index in [4.69, 9.17) is 21.3 Å². The summed E-state index contributed by atoms with van der Waals surface area (Å²) in [5.41, 5.74) is 8.33. The van der Waals surface area contributed by atoms with Crippen LogP contribution in [0.15, 0.2) is 57.7 Å². The molecule has 2 N–H and O–H groups in total. The van der Waals surface area contributed by atoms with Crippen LogP contribution in [-0.4, -0.2) is 44.4 Å². The number of amidine groups is 1.